The van der Waals surface area contributed by atoms with E-state index in [1.54, 1.807) is 13.3 Å². The Balaban J connectivity index is 1.80. The van der Waals surface area contributed by atoms with Crippen LogP contribution in [0.2, 0.25) is 0 Å². The second kappa shape index (κ2) is 7.96. The fourth-order valence-electron chi connectivity index (χ4n) is 2.27. The molecule has 0 spiro atoms. The van der Waals surface area contributed by atoms with E-state index in [-0.39, 0.29) is 0 Å². The molecule has 1 heterocycles. The number of rotatable bonds is 7. The highest BCUT2D eigenvalue weighted by molar-refractivity contribution is 5.66. The number of benzene rings is 2. The Morgan fingerprint density at radius 3 is 2.32 bits per heavy atom. The van der Waals surface area contributed by atoms with E-state index in [2.05, 4.69) is 25.8 Å². The molecule has 2 N–H and O–H groups in total. The van der Waals surface area contributed by atoms with Crippen molar-refractivity contribution < 1.29 is 9.47 Å². The maximum absolute atomic E-state index is 5.59. The monoisotopic (exact) mass is 337 g/mol. The molecule has 0 saturated heterocycles. The van der Waals surface area contributed by atoms with Gasteiger partial charge in [0.15, 0.2) is 5.82 Å². The Morgan fingerprint density at radius 1 is 0.920 bits per heavy atom. The first-order valence-electron chi connectivity index (χ1n) is 7.88. The van der Waals surface area contributed by atoms with Gasteiger partial charge in [-0.25, -0.2) is 0 Å². The van der Waals surface area contributed by atoms with Crippen LogP contribution >= 0.6 is 0 Å². The van der Waals surface area contributed by atoms with Gasteiger partial charge >= 0.3 is 0 Å². The van der Waals surface area contributed by atoms with Crippen molar-refractivity contribution in [3.05, 3.63) is 54.7 Å². The molecule has 0 radical (unpaired) electrons. The van der Waals surface area contributed by atoms with Gasteiger partial charge in [-0.05, 0) is 31.2 Å². The Labute approximate surface area is 146 Å². The Morgan fingerprint density at radius 2 is 1.60 bits per heavy atom. The van der Waals surface area contributed by atoms with E-state index in [1.165, 1.54) is 0 Å². The first-order chi connectivity index (χ1) is 12.3. The summed E-state index contributed by atoms with van der Waals surface area (Å²) >= 11 is 0. The SMILES string of the molecule is CCOc1ccccc1Nc1nncc(Nc2ccccc2OC)n1. The molecular formula is C18H19N5O2. The van der Waals surface area contributed by atoms with E-state index in [0.717, 1.165) is 22.9 Å². The standard InChI is InChI=1S/C18H19N5O2/c1-3-25-16-11-7-5-9-14(16)21-18-22-17(12-19-23-18)20-13-8-4-6-10-15(13)24-2/h4-12H,3H2,1-2H3,(H2,20,21,22,23). The minimum Gasteiger partial charge on any atom is -0.495 e. The maximum Gasteiger partial charge on any atom is 0.249 e. The summed E-state index contributed by atoms with van der Waals surface area (Å²) in [6.45, 7) is 2.51. The molecule has 7 nitrogen and oxygen atoms in total. The number of anilines is 4. The van der Waals surface area contributed by atoms with Gasteiger partial charge in [0.1, 0.15) is 11.5 Å². The molecule has 0 saturated carbocycles. The number of nitrogens with one attached hydrogen (secondary N) is 2. The highest BCUT2D eigenvalue weighted by Crippen LogP contribution is 2.28. The average molecular weight is 337 g/mol. The number of para-hydroxylation sites is 4. The molecule has 0 fully saturated rings. The Bertz CT molecular complexity index is 841. The summed E-state index contributed by atoms with van der Waals surface area (Å²) < 4.78 is 10.9. The Hall–Kier alpha value is -3.35. The fraction of sp³-hybridized carbons (Fsp3) is 0.167. The largest absolute Gasteiger partial charge is 0.495 e. The van der Waals surface area contributed by atoms with Crippen molar-refractivity contribution >= 4 is 23.1 Å². The van der Waals surface area contributed by atoms with Gasteiger partial charge in [-0.2, -0.15) is 10.1 Å². The summed E-state index contributed by atoms with van der Waals surface area (Å²) in [6.07, 6.45) is 1.55. The van der Waals surface area contributed by atoms with Gasteiger partial charge in [0.25, 0.3) is 0 Å². The summed E-state index contributed by atoms with van der Waals surface area (Å²) in [5.74, 6) is 2.37. The van der Waals surface area contributed by atoms with Crippen molar-refractivity contribution in [1.82, 2.24) is 15.2 Å². The topological polar surface area (TPSA) is 81.2 Å². The molecule has 3 aromatic rings. The lowest BCUT2D eigenvalue weighted by atomic mass is 10.3. The van der Waals surface area contributed by atoms with Gasteiger partial charge in [0, 0.05) is 0 Å². The molecule has 0 aliphatic heterocycles. The summed E-state index contributed by atoms with van der Waals surface area (Å²) in [7, 11) is 1.62. The summed E-state index contributed by atoms with van der Waals surface area (Å²) in [5, 5.41) is 14.3. The fourth-order valence-corrected chi connectivity index (χ4v) is 2.27. The lowest BCUT2D eigenvalue weighted by Gasteiger charge is -2.12. The van der Waals surface area contributed by atoms with E-state index < -0.39 is 0 Å². The van der Waals surface area contributed by atoms with E-state index in [0.29, 0.717) is 18.4 Å². The molecular weight excluding hydrogens is 318 g/mol. The number of nitrogens with zero attached hydrogens (tertiary/aromatic N) is 3. The number of aromatic nitrogens is 3. The molecule has 7 heteroatoms. The second-order valence-corrected chi connectivity index (χ2v) is 5.04. The minimum atomic E-state index is 0.368. The van der Waals surface area contributed by atoms with Crippen LogP contribution in [-0.2, 0) is 0 Å². The highest BCUT2D eigenvalue weighted by Gasteiger charge is 2.08. The minimum absolute atomic E-state index is 0.368. The molecule has 25 heavy (non-hydrogen) atoms. The lowest BCUT2D eigenvalue weighted by molar-refractivity contribution is 0.342. The van der Waals surface area contributed by atoms with Gasteiger partial charge < -0.3 is 20.1 Å². The smallest absolute Gasteiger partial charge is 0.249 e. The number of methoxy groups -OCH3 is 1. The van der Waals surface area contributed by atoms with Crippen molar-refractivity contribution in [3.63, 3.8) is 0 Å². The van der Waals surface area contributed by atoms with Crippen LogP contribution in [0, 0.1) is 0 Å². The zero-order valence-electron chi connectivity index (χ0n) is 14.1. The van der Waals surface area contributed by atoms with Gasteiger partial charge in [-0.1, -0.05) is 24.3 Å². The lowest BCUT2D eigenvalue weighted by Crippen LogP contribution is -2.04. The third-order valence-electron chi connectivity index (χ3n) is 3.36. The zero-order valence-corrected chi connectivity index (χ0v) is 14.1. The van der Waals surface area contributed by atoms with Crippen LogP contribution < -0.4 is 20.1 Å². The molecule has 1 aromatic heterocycles. The van der Waals surface area contributed by atoms with Crippen molar-refractivity contribution in [3.8, 4) is 11.5 Å². The maximum atomic E-state index is 5.59. The van der Waals surface area contributed by atoms with E-state index >= 15 is 0 Å². The van der Waals surface area contributed by atoms with Crippen LogP contribution in [0.25, 0.3) is 0 Å². The van der Waals surface area contributed by atoms with Crippen molar-refractivity contribution in [2.75, 3.05) is 24.4 Å². The van der Waals surface area contributed by atoms with E-state index in [1.807, 2.05) is 55.5 Å². The van der Waals surface area contributed by atoms with Crippen LogP contribution in [-0.4, -0.2) is 28.9 Å². The van der Waals surface area contributed by atoms with Crippen molar-refractivity contribution in [2.45, 2.75) is 6.92 Å². The summed E-state index contributed by atoms with van der Waals surface area (Å²) in [4.78, 5) is 4.43. The summed E-state index contributed by atoms with van der Waals surface area (Å²) in [5.41, 5.74) is 1.58. The van der Waals surface area contributed by atoms with Crippen LogP contribution in [0.3, 0.4) is 0 Å². The van der Waals surface area contributed by atoms with E-state index in [4.69, 9.17) is 9.47 Å². The molecule has 128 valence electrons. The Kier molecular flexibility index (Phi) is 5.26. The van der Waals surface area contributed by atoms with Crippen LogP contribution in [0.1, 0.15) is 6.92 Å². The zero-order chi connectivity index (χ0) is 17.5. The molecule has 0 atom stereocenters. The van der Waals surface area contributed by atoms with Gasteiger partial charge in [-0.15, -0.1) is 5.10 Å². The average Bonchev–Trinajstić information content (AvgIpc) is 2.64. The second-order valence-electron chi connectivity index (χ2n) is 5.04. The van der Waals surface area contributed by atoms with Crippen LogP contribution in [0.5, 0.6) is 11.5 Å². The van der Waals surface area contributed by atoms with Gasteiger partial charge in [0.05, 0.1) is 31.3 Å². The number of hydrogen-bond donors (Lipinski definition) is 2. The summed E-state index contributed by atoms with van der Waals surface area (Å²) in [6, 6.07) is 15.2. The molecule has 0 bridgehead atoms. The predicted molar refractivity (Wildman–Crippen MR) is 97.0 cm³/mol. The first-order valence-corrected chi connectivity index (χ1v) is 7.88. The van der Waals surface area contributed by atoms with Crippen molar-refractivity contribution in [1.29, 1.82) is 0 Å². The molecule has 0 aliphatic rings. The highest BCUT2D eigenvalue weighted by atomic mass is 16.5. The number of hydrogen-bond acceptors (Lipinski definition) is 7. The molecule has 3 rings (SSSR count). The number of ether oxygens (including phenoxy) is 2. The van der Waals surface area contributed by atoms with E-state index in [9.17, 15) is 0 Å². The van der Waals surface area contributed by atoms with Gasteiger partial charge in [0.2, 0.25) is 5.95 Å². The first kappa shape index (κ1) is 16.5. The van der Waals surface area contributed by atoms with Gasteiger partial charge in [-0.3, -0.25) is 0 Å². The third kappa shape index (κ3) is 4.14. The quantitative estimate of drug-likeness (QED) is 0.679. The molecule has 2 aromatic carbocycles. The van der Waals surface area contributed by atoms with Crippen LogP contribution in [0.15, 0.2) is 54.7 Å². The third-order valence-corrected chi connectivity index (χ3v) is 3.36. The molecule has 0 amide bonds. The molecule has 0 unspecified atom stereocenters. The normalized spacial score (nSPS) is 10.2. The van der Waals surface area contributed by atoms with Crippen molar-refractivity contribution in [2.24, 2.45) is 0 Å². The predicted octanol–water partition coefficient (Wildman–Crippen LogP) is 3.77. The van der Waals surface area contributed by atoms with Crippen LogP contribution in [0.4, 0.5) is 23.1 Å². The molecule has 0 aliphatic carbocycles.